The van der Waals surface area contributed by atoms with E-state index in [4.69, 9.17) is 4.74 Å². The van der Waals surface area contributed by atoms with Crippen molar-refractivity contribution < 1.29 is 9.53 Å². The third-order valence-electron chi connectivity index (χ3n) is 4.24. The number of nitrogens with one attached hydrogen (secondary N) is 2. The number of methoxy groups -OCH3 is 1. The highest BCUT2D eigenvalue weighted by Gasteiger charge is 2.20. The predicted octanol–water partition coefficient (Wildman–Crippen LogP) is 3.74. The molecule has 1 aromatic carbocycles. The van der Waals surface area contributed by atoms with Gasteiger partial charge in [-0.3, -0.25) is 4.79 Å². The molecule has 3 rings (SSSR count). The van der Waals surface area contributed by atoms with Gasteiger partial charge in [0.2, 0.25) is 5.91 Å². The summed E-state index contributed by atoms with van der Waals surface area (Å²) in [6, 6.07) is 7.73. The second-order valence-electron chi connectivity index (χ2n) is 6.02. The van der Waals surface area contributed by atoms with Crippen molar-refractivity contribution in [3.63, 3.8) is 0 Å². The maximum absolute atomic E-state index is 12.4. The monoisotopic (exact) mass is 377 g/mol. The Balaban J connectivity index is 1.54. The van der Waals surface area contributed by atoms with Crippen molar-refractivity contribution in [3.05, 3.63) is 35.3 Å². The van der Waals surface area contributed by atoms with Gasteiger partial charge in [-0.05, 0) is 63.0 Å². The molecule has 5 nitrogen and oxygen atoms in total. The van der Waals surface area contributed by atoms with Gasteiger partial charge in [-0.2, -0.15) is 0 Å². The predicted molar refractivity (Wildman–Crippen MR) is 104 cm³/mol. The first kappa shape index (κ1) is 18.2. The molecule has 2 heterocycles. The number of hydrogen-bond donors (Lipinski definition) is 2. The first-order valence-electron chi connectivity index (χ1n) is 8.43. The van der Waals surface area contributed by atoms with E-state index in [1.54, 1.807) is 18.4 Å². The van der Waals surface area contributed by atoms with Crippen LogP contribution in [0.2, 0.25) is 0 Å². The molecule has 2 N–H and O–H groups in total. The van der Waals surface area contributed by atoms with Crippen LogP contribution in [0.25, 0.3) is 0 Å². The maximum Gasteiger partial charge on any atom is 0.239 e. The Kier molecular flexibility index (Phi) is 6.34. The second-order valence-corrected chi connectivity index (χ2v) is 8.49. The van der Waals surface area contributed by atoms with Crippen LogP contribution in [0.4, 0.5) is 5.13 Å². The van der Waals surface area contributed by atoms with Gasteiger partial charge in [0.25, 0.3) is 0 Å². The number of amides is 1. The molecule has 0 saturated carbocycles. The maximum atomic E-state index is 12.4. The van der Waals surface area contributed by atoms with Gasteiger partial charge >= 0.3 is 0 Å². The van der Waals surface area contributed by atoms with E-state index < -0.39 is 0 Å². The fourth-order valence-corrected chi connectivity index (χ4v) is 4.61. The summed E-state index contributed by atoms with van der Waals surface area (Å²) in [5.41, 5.74) is 0. The molecule has 1 aliphatic rings. The van der Waals surface area contributed by atoms with Crippen molar-refractivity contribution in [2.24, 2.45) is 0 Å². The summed E-state index contributed by atoms with van der Waals surface area (Å²) < 4.78 is 5.15. The molecule has 1 atom stereocenters. The van der Waals surface area contributed by atoms with Gasteiger partial charge in [0.15, 0.2) is 5.13 Å². The molecule has 1 unspecified atom stereocenters. The molecule has 25 heavy (non-hydrogen) atoms. The van der Waals surface area contributed by atoms with Crippen LogP contribution in [-0.4, -0.2) is 36.3 Å². The molecule has 1 fully saturated rings. The van der Waals surface area contributed by atoms with Crippen molar-refractivity contribution in [1.29, 1.82) is 0 Å². The zero-order chi connectivity index (χ0) is 17.6. The van der Waals surface area contributed by atoms with Gasteiger partial charge in [0.05, 0.1) is 12.4 Å². The minimum absolute atomic E-state index is 0.0213. The first-order valence-corrected chi connectivity index (χ1v) is 10.1. The fraction of sp³-hybridized carbons (Fsp3) is 0.444. The molecule has 134 valence electrons. The van der Waals surface area contributed by atoms with Gasteiger partial charge in [0, 0.05) is 16.0 Å². The molecule has 0 radical (unpaired) electrons. The molecule has 2 aromatic rings. The zero-order valence-corrected chi connectivity index (χ0v) is 16.1. The highest BCUT2D eigenvalue weighted by atomic mass is 32.2. The van der Waals surface area contributed by atoms with Gasteiger partial charge in [0.1, 0.15) is 5.75 Å². The Morgan fingerprint density at radius 2 is 2.08 bits per heavy atom. The number of benzene rings is 1. The standard InChI is InChI=1S/C18H23N3O2S2/c1-12(24-15-5-3-14(23-2)4-6-15)17(22)21-18-20-11-16(25-18)13-7-9-19-10-8-13/h3-6,11-13,19H,7-10H2,1-2H3,(H,20,21,22). The lowest BCUT2D eigenvalue weighted by Gasteiger charge is -2.20. The SMILES string of the molecule is COc1ccc(SC(C)C(=O)Nc2ncc(C3CCNCC3)s2)cc1. The molecule has 1 saturated heterocycles. The number of piperidine rings is 1. The van der Waals surface area contributed by atoms with Crippen molar-refractivity contribution >= 4 is 34.1 Å². The summed E-state index contributed by atoms with van der Waals surface area (Å²) in [5, 5.41) is 6.82. The van der Waals surface area contributed by atoms with Crippen molar-refractivity contribution in [3.8, 4) is 5.75 Å². The highest BCUT2D eigenvalue weighted by Crippen LogP contribution is 2.32. The lowest BCUT2D eigenvalue weighted by Crippen LogP contribution is -2.26. The van der Waals surface area contributed by atoms with Crippen LogP contribution in [0.1, 0.15) is 30.6 Å². The summed E-state index contributed by atoms with van der Waals surface area (Å²) in [6.45, 7) is 4.02. The average molecular weight is 378 g/mol. The molecule has 1 aliphatic heterocycles. The van der Waals surface area contributed by atoms with Crippen molar-refractivity contribution in [2.45, 2.75) is 35.8 Å². The van der Waals surface area contributed by atoms with E-state index in [1.165, 1.54) is 16.6 Å². The molecular formula is C18H23N3O2S2. The number of anilines is 1. The van der Waals surface area contributed by atoms with E-state index in [2.05, 4.69) is 15.6 Å². The quantitative estimate of drug-likeness (QED) is 0.751. The molecule has 1 amide bonds. The number of thioether (sulfide) groups is 1. The smallest absolute Gasteiger partial charge is 0.239 e. The molecule has 1 aromatic heterocycles. The summed E-state index contributed by atoms with van der Waals surface area (Å²) >= 11 is 3.13. The third kappa shape index (κ3) is 4.96. The van der Waals surface area contributed by atoms with E-state index in [0.717, 1.165) is 36.6 Å². The number of ether oxygens (including phenoxy) is 1. The van der Waals surface area contributed by atoms with Gasteiger partial charge < -0.3 is 15.4 Å². The molecule has 0 bridgehead atoms. The van der Waals surface area contributed by atoms with E-state index >= 15 is 0 Å². The Morgan fingerprint density at radius 1 is 1.36 bits per heavy atom. The molecule has 0 aliphatic carbocycles. The van der Waals surface area contributed by atoms with Gasteiger partial charge in [-0.1, -0.05) is 0 Å². The van der Waals surface area contributed by atoms with E-state index in [-0.39, 0.29) is 11.2 Å². The lowest BCUT2D eigenvalue weighted by atomic mass is 9.97. The van der Waals surface area contributed by atoms with Gasteiger partial charge in [-0.15, -0.1) is 23.1 Å². The Hall–Kier alpha value is -1.57. The summed E-state index contributed by atoms with van der Waals surface area (Å²) in [6.07, 6.45) is 4.19. The summed E-state index contributed by atoms with van der Waals surface area (Å²) in [4.78, 5) is 19.1. The second kappa shape index (κ2) is 8.69. The minimum Gasteiger partial charge on any atom is -0.497 e. The summed E-state index contributed by atoms with van der Waals surface area (Å²) in [7, 11) is 1.64. The molecular weight excluding hydrogens is 354 g/mol. The summed E-state index contributed by atoms with van der Waals surface area (Å²) in [5.74, 6) is 1.36. The van der Waals surface area contributed by atoms with Crippen LogP contribution in [0.15, 0.2) is 35.4 Å². The van der Waals surface area contributed by atoms with E-state index in [0.29, 0.717) is 11.0 Å². The number of thiazole rings is 1. The van der Waals surface area contributed by atoms with Crippen LogP contribution in [-0.2, 0) is 4.79 Å². The van der Waals surface area contributed by atoms with E-state index in [9.17, 15) is 4.79 Å². The normalized spacial score (nSPS) is 16.4. The average Bonchev–Trinajstić information content (AvgIpc) is 3.11. The minimum atomic E-state index is -0.195. The first-order chi connectivity index (χ1) is 12.2. The van der Waals surface area contributed by atoms with Crippen LogP contribution < -0.4 is 15.4 Å². The Bertz CT molecular complexity index is 697. The fourth-order valence-electron chi connectivity index (χ4n) is 2.76. The highest BCUT2D eigenvalue weighted by molar-refractivity contribution is 8.00. The number of aromatic nitrogens is 1. The Morgan fingerprint density at radius 3 is 2.76 bits per heavy atom. The zero-order valence-electron chi connectivity index (χ0n) is 14.5. The van der Waals surface area contributed by atoms with Crippen molar-refractivity contribution in [2.75, 3.05) is 25.5 Å². The van der Waals surface area contributed by atoms with Crippen LogP contribution in [0.5, 0.6) is 5.75 Å². The Labute approximate surface area is 156 Å². The topological polar surface area (TPSA) is 63.2 Å². The number of carbonyl (C=O) groups excluding carboxylic acids is 1. The number of rotatable bonds is 6. The number of carbonyl (C=O) groups is 1. The van der Waals surface area contributed by atoms with Crippen LogP contribution in [0, 0.1) is 0 Å². The largest absolute Gasteiger partial charge is 0.497 e. The third-order valence-corrected chi connectivity index (χ3v) is 6.42. The number of hydrogen-bond acceptors (Lipinski definition) is 6. The van der Waals surface area contributed by atoms with Crippen LogP contribution in [0.3, 0.4) is 0 Å². The van der Waals surface area contributed by atoms with Gasteiger partial charge in [-0.25, -0.2) is 4.98 Å². The molecule has 7 heteroatoms. The lowest BCUT2D eigenvalue weighted by molar-refractivity contribution is -0.115. The molecule has 0 spiro atoms. The van der Waals surface area contributed by atoms with Crippen molar-refractivity contribution in [1.82, 2.24) is 10.3 Å². The van der Waals surface area contributed by atoms with E-state index in [1.807, 2.05) is 37.4 Å². The van der Waals surface area contributed by atoms with Crippen LogP contribution >= 0.6 is 23.1 Å². The number of nitrogens with zero attached hydrogens (tertiary/aromatic N) is 1.